The Morgan fingerprint density at radius 2 is 2.25 bits per heavy atom. The fourth-order valence-corrected chi connectivity index (χ4v) is 2.42. The van der Waals surface area contributed by atoms with E-state index in [1.807, 2.05) is 12.3 Å². The Morgan fingerprint density at radius 3 is 2.94 bits per heavy atom. The first-order chi connectivity index (χ1) is 7.81. The van der Waals surface area contributed by atoms with Crippen LogP contribution in [0.2, 0.25) is 0 Å². The number of rotatable bonds is 4. The molecule has 0 aliphatic rings. The van der Waals surface area contributed by atoms with Gasteiger partial charge in [0, 0.05) is 17.1 Å². The molecule has 2 rings (SSSR count). The average molecular weight is 231 g/mol. The second-order valence-electron chi connectivity index (χ2n) is 4.24. The molecule has 2 heterocycles. The molecule has 0 spiro atoms. The van der Waals surface area contributed by atoms with Crippen LogP contribution in [0.5, 0.6) is 0 Å². The number of pyridine rings is 1. The molecule has 0 fully saturated rings. The second-order valence-corrected chi connectivity index (χ2v) is 5.02. The lowest BCUT2D eigenvalue weighted by Gasteiger charge is -2.11. The van der Waals surface area contributed by atoms with Crippen molar-refractivity contribution in [1.82, 2.24) is 4.98 Å². The van der Waals surface area contributed by atoms with E-state index in [9.17, 15) is 0 Å². The van der Waals surface area contributed by atoms with Gasteiger partial charge < -0.3 is 0 Å². The molecule has 2 aromatic heterocycles. The van der Waals surface area contributed by atoms with Crippen LogP contribution in [0.3, 0.4) is 0 Å². The van der Waals surface area contributed by atoms with E-state index in [1.54, 1.807) is 11.3 Å². The molecule has 2 heteroatoms. The minimum absolute atomic E-state index is 0.724. The van der Waals surface area contributed by atoms with Crippen LogP contribution in [-0.2, 0) is 6.42 Å². The first-order valence-electron chi connectivity index (χ1n) is 5.77. The third kappa shape index (κ3) is 2.50. The van der Waals surface area contributed by atoms with Gasteiger partial charge in [-0.1, -0.05) is 26.3 Å². The van der Waals surface area contributed by atoms with E-state index in [2.05, 4.69) is 41.7 Å². The Labute approximate surface area is 101 Å². The molecule has 0 N–H and O–H groups in total. The third-order valence-electron chi connectivity index (χ3n) is 2.95. The van der Waals surface area contributed by atoms with Crippen LogP contribution in [0.1, 0.15) is 25.8 Å². The Bertz CT molecular complexity index is 434. The van der Waals surface area contributed by atoms with Crippen molar-refractivity contribution in [1.29, 1.82) is 0 Å². The van der Waals surface area contributed by atoms with Gasteiger partial charge in [-0.25, -0.2) is 0 Å². The number of hydrogen-bond donors (Lipinski definition) is 0. The molecule has 0 aliphatic carbocycles. The Kier molecular flexibility index (Phi) is 3.73. The fourth-order valence-electron chi connectivity index (χ4n) is 1.78. The molecule has 0 saturated heterocycles. The number of nitrogens with zero attached hydrogens (tertiary/aromatic N) is 1. The molecular formula is C14H17NS. The van der Waals surface area contributed by atoms with E-state index in [0.717, 1.165) is 18.0 Å². The molecule has 0 saturated carbocycles. The SMILES string of the molecule is CCC(C)Cc1cccnc1-c1ccsc1. The maximum Gasteiger partial charge on any atom is 0.0742 e. The third-order valence-corrected chi connectivity index (χ3v) is 3.63. The average Bonchev–Trinajstić information content (AvgIpc) is 2.83. The lowest BCUT2D eigenvalue weighted by Crippen LogP contribution is -2.00. The van der Waals surface area contributed by atoms with Gasteiger partial charge in [0.25, 0.3) is 0 Å². The molecule has 1 unspecified atom stereocenters. The van der Waals surface area contributed by atoms with E-state index >= 15 is 0 Å². The lowest BCUT2D eigenvalue weighted by molar-refractivity contribution is 0.560. The highest BCUT2D eigenvalue weighted by Gasteiger charge is 2.09. The first kappa shape index (κ1) is 11.3. The molecule has 0 bridgehead atoms. The highest BCUT2D eigenvalue weighted by Crippen LogP contribution is 2.25. The van der Waals surface area contributed by atoms with Gasteiger partial charge in [0.1, 0.15) is 0 Å². The monoisotopic (exact) mass is 231 g/mol. The molecular weight excluding hydrogens is 214 g/mol. The molecule has 16 heavy (non-hydrogen) atoms. The summed E-state index contributed by atoms with van der Waals surface area (Å²) in [6, 6.07) is 6.38. The predicted molar refractivity (Wildman–Crippen MR) is 70.7 cm³/mol. The summed E-state index contributed by atoms with van der Waals surface area (Å²) in [4.78, 5) is 4.52. The van der Waals surface area contributed by atoms with E-state index in [4.69, 9.17) is 0 Å². The number of hydrogen-bond acceptors (Lipinski definition) is 2. The van der Waals surface area contributed by atoms with Crippen LogP contribution in [-0.4, -0.2) is 4.98 Å². The van der Waals surface area contributed by atoms with Gasteiger partial charge in [0.15, 0.2) is 0 Å². The molecule has 0 radical (unpaired) electrons. The van der Waals surface area contributed by atoms with Gasteiger partial charge >= 0.3 is 0 Å². The van der Waals surface area contributed by atoms with Gasteiger partial charge in [-0.15, -0.1) is 0 Å². The zero-order valence-corrected chi connectivity index (χ0v) is 10.6. The van der Waals surface area contributed by atoms with Crippen molar-refractivity contribution in [2.24, 2.45) is 5.92 Å². The molecule has 0 amide bonds. The summed E-state index contributed by atoms with van der Waals surface area (Å²) < 4.78 is 0. The smallest absolute Gasteiger partial charge is 0.0742 e. The van der Waals surface area contributed by atoms with Gasteiger partial charge in [-0.05, 0) is 35.4 Å². The molecule has 0 aromatic carbocycles. The van der Waals surface area contributed by atoms with Gasteiger partial charge in [0.2, 0.25) is 0 Å². The second kappa shape index (κ2) is 5.26. The summed E-state index contributed by atoms with van der Waals surface area (Å²) in [6.45, 7) is 4.54. The summed E-state index contributed by atoms with van der Waals surface area (Å²) in [5.41, 5.74) is 3.78. The van der Waals surface area contributed by atoms with E-state index < -0.39 is 0 Å². The minimum atomic E-state index is 0.724. The zero-order chi connectivity index (χ0) is 11.4. The molecule has 84 valence electrons. The Balaban J connectivity index is 2.31. The van der Waals surface area contributed by atoms with Crippen LogP contribution in [0.15, 0.2) is 35.2 Å². The van der Waals surface area contributed by atoms with Gasteiger partial charge in [-0.3, -0.25) is 4.98 Å². The normalized spacial score (nSPS) is 12.6. The standard InChI is InChI=1S/C14H17NS/c1-3-11(2)9-12-5-4-7-15-14(12)13-6-8-16-10-13/h4-8,10-11H,3,9H2,1-2H3. The van der Waals surface area contributed by atoms with Crippen molar-refractivity contribution in [3.8, 4) is 11.3 Å². The highest BCUT2D eigenvalue weighted by atomic mass is 32.1. The summed E-state index contributed by atoms with van der Waals surface area (Å²) in [5, 5.41) is 4.28. The zero-order valence-electron chi connectivity index (χ0n) is 9.81. The summed E-state index contributed by atoms with van der Waals surface area (Å²) >= 11 is 1.73. The van der Waals surface area contributed by atoms with Crippen molar-refractivity contribution in [2.75, 3.05) is 0 Å². The highest BCUT2D eigenvalue weighted by molar-refractivity contribution is 7.08. The largest absolute Gasteiger partial charge is 0.256 e. The number of aromatic nitrogens is 1. The van der Waals surface area contributed by atoms with Crippen LogP contribution in [0.4, 0.5) is 0 Å². The van der Waals surface area contributed by atoms with E-state index in [0.29, 0.717) is 0 Å². The first-order valence-corrected chi connectivity index (χ1v) is 6.72. The van der Waals surface area contributed by atoms with Gasteiger partial charge in [-0.2, -0.15) is 11.3 Å². The van der Waals surface area contributed by atoms with Crippen LogP contribution >= 0.6 is 11.3 Å². The predicted octanol–water partition coefficient (Wildman–Crippen LogP) is 4.40. The quantitative estimate of drug-likeness (QED) is 0.760. The topological polar surface area (TPSA) is 12.9 Å². The fraction of sp³-hybridized carbons (Fsp3) is 0.357. The van der Waals surface area contributed by atoms with E-state index in [-0.39, 0.29) is 0 Å². The Hall–Kier alpha value is -1.15. The van der Waals surface area contributed by atoms with Gasteiger partial charge in [0.05, 0.1) is 5.69 Å². The molecule has 1 nitrogen and oxygen atoms in total. The maximum atomic E-state index is 4.52. The Morgan fingerprint density at radius 1 is 1.38 bits per heavy atom. The van der Waals surface area contributed by atoms with Crippen molar-refractivity contribution in [3.63, 3.8) is 0 Å². The van der Waals surface area contributed by atoms with Crippen molar-refractivity contribution in [3.05, 3.63) is 40.7 Å². The van der Waals surface area contributed by atoms with E-state index in [1.165, 1.54) is 17.5 Å². The van der Waals surface area contributed by atoms with Crippen molar-refractivity contribution < 1.29 is 0 Å². The lowest BCUT2D eigenvalue weighted by atomic mass is 9.96. The summed E-state index contributed by atoms with van der Waals surface area (Å²) in [5.74, 6) is 0.724. The van der Waals surface area contributed by atoms with Crippen molar-refractivity contribution in [2.45, 2.75) is 26.7 Å². The van der Waals surface area contributed by atoms with Crippen LogP contribution < -0.4 is 0 Å². The molecule has 0 aliphatic heterocycles. The maximum absolute atomic E-state index is 4.52. The van der Waals surface area contributed by atoms with Crippen LogP contribution in [0.25, 0.3) is 11.3 Å². The minimum Gasteiger partial charge on any atom is -0.256 e. The number of thiophene rings is 1. The summed E-state index contributed by atoms with van der Waals surface area (Å²) in [6.07, 6.45) is 4.22. The van der Waals surface area contributed by atoms with Crippen LogP contribution in [0, 0.1) is 5.92 Å². The van der Waals surface area contributed by atoms with Crippen molar-refractivity contribution >= 4 is 11.3 Å². The molecule has 1 atom stereocenters. The summed E-state index contributed by atoms with van der Waals surface area (Å²) in [7, 11) is 0. The molecule has 2 aromatic rings.